The second kappa shape index (κ2) is 7.24. The summed E-state index contributed by atoms with van der Waals surface area (Å²) in [6.45, 7) is 1.25. The number of hydrogen-bond donors (Lipinski definition) is 1. The molecule has 140 valence electrons. The molecule has 0 aliphatic carbocycles. The number of nitrogens with one attached hydrogen (secondary N) is 1. The van der Waals surface area contributed by atoms with Crippen molar-refractivity contribution < 1.29 is 18.7 Å². The first-order chi connectivity index (χ1) is 13.5. The minimum absolute atomic E-state index is 0.0888. The zero-order valence-corrected chi connectivity index (χ0v) is 15.5. The number of rotatable bonds is 4. The van der Waals surface area contributed by atoms with Crippen LogP contribution in [0.3, 0.4) is 0 Å². The summed E-state index contributed by atoms with van der Waals surface area (Å²) in [4.78, 5) is 39.3. The van der Waals surface area contributed by atoms with Crippen LogP contribution in [0, 0.1) is 0 Å². The number of aromatic nitrogens is 1. The first kappa shape index (κ1) is 17.9. The van der Waals surface area contributed by atoms with Crippen molar-refractivity contribution in [3.05, 3.63) is 69.5 Å². The minimum Gasteiger partial charge on any atom is -0.456 e. The highest BCUT2D eigenvalue weighted by Crippen LogP contribution is 2.28. The van der Waals surface area contributed by atoms with Gasteiger partial charge in [0.15, 0.2) is 10.8 Å². The van der Waals surface area contributed by atoms with E-state index in [0.717, 1.165) is 27.5 Å². The fraction of sp³-hybridized carbons (Fsp3) is 0.100. The van der Waals surface area contributed by atoms with Gasteiger partial charge in [-0.05, 0) is 16.8 Å². The molecule has 0 aliphatic rings. The minimum atomic E-state index is -0.644. The Kier molecular flexibility index (Phi) is 4.62. The molecule has 0 fully saturated rings. The summed E-state index contributed by atoms with van der Waals surface area (Å²) in [6, 6.07) is 12.6. The summed E-state index contributed by atoms with van der Waals surface area (Å²) in [5.41, 5.74) is 0.550. The lowest BCUT2D eigenvalue weighted by atomic mass is 10.0. The van der Waals surface area contributed by atoms with Crippen LogP contribution in [-0.2, 0) is 16.1 Å². The Bertz CT molecular complexity index is 1270. The number of ether oxygens (including phenoxy) is 1. The lowest BCUT2D eigenvalue weighted by Gasteiger charge is -2.09. The summed E-state index contributed by atoms with van der Waals surface area (Å²) < 4.78 is 10.7. The molecule has 2 aromatic heterocycles. The summed E-state index contributed by atoms with van der Waals surface area (Å²) >= 11 is 1.13. The summed E-state index contributed by atoms with van der Waals surface area (Å²) in [6.07, 6.45) is 0. The lowest BCUT2D eigenvalue weighted by molar-refractivity contribution is -0.114. The summed E-state index contributed by atoms with van der Waals surface area (Å²) in [5, 5.41) is 6.94. The Balaban J connectivity index is 1.65. The van der Waals surface area contributed by atoms with Crippen LogP contribution < -0.4 is 10.9 Å². The molecular weight excluding hydrogens is 380 g/mol. The van der Waals surface area contributed by atoms with E-state index in [2.05, 4.69) is 10.3 Å². The third-order valence-corrected chi connectivity index (χ3v) is 4.83. The molecule has 7 nitrogen and oxygen atoms in total. The predicted octanol–water partition coefficient (Wildman–Crippen LogP) is 3.72. The number of esters is 1. The molecule has 28 heavy (non-hydrogen) atoms. The summed E-state index contributed by atoms with van der Waals surface area (Å²) in [7, 11) is 0. The fourth-order valence-electron chi connectivity index (χ4n) is 2.93. The van der Waals surface area contributed by atoms with Crippen LogP contribution in [0.2, 0.25) is 0 Å². The second-order valence-electron chi connectivity index (χ2n) is 6.05. The van der Waals surface area contributed by atoms with Crippen LogP contribution in [0.1, 0.15) is 23.0 Å². The second-order valence-corrected chi connectivity index (χ2v) is 6.90. The largest absolute Gasteiger partial charge is 0.456 e. The third-order valence-electron chi connectivity index (χ3n) is 4.07. The van der Waals surface area contributed by atoms with Crippen molar-refractivity contribution in [2.45, 2.75) is 13.5 Å². The maximum absolute atomic E-state index is 12.3. The van der Waals surface area contributed by atoms with Crippen LogP contribution in [0.15, 0.2) is 57.1 Å². The van der Waals surface area contributed by atoms with E-state index >= 15 is 0 Å². The fourth-order valence-corrected chi connectivity index (χ4v) is 3.65. The average molecular weight is 394 g/mol. The van der Waals surface area contributed by atoms with Crippen molar-refractivity contribution in [3.8, 4) is 0 Å². The van der Waals surface area contributed by atoms with Crippen molar-refractivity contribution in [1.29, 1.82) is 0 Å². The zero-order chi connectivity index (χ0) is 19.7. The van der Waals surface area contributed by atoms with Gasteiger partial charge in [-0.2, -0.15) is 0 Å². The Labute approximate surface area is 162 Å². The molecule has 0 bridgehead atoms. The van der Waals surface area contributed by atoms with E-state index < -0.39 is 11.6 Å². The van der Waals surface area contributed by atoms with Crippen molar-refractivity contribution in [2.24, 2.45) is 0 Å². The van der Waals surface area contributed by atoms with Crippen molar-refractivity contribution in [2.75, 3.05) is 5.32 Å². The Morgan fingerprint density at radius 1 is 1.21 bits per heavy atom. The molecule has 2 heterocycles. The molecule has 1 amide bonds. The first-order valence-corrected chi connectivity index (χ1v) is 9.24. The number of anilines is 1. The van der Waals surface area contributed by atoms with Crippen LogP contribution in [0.4, 0.5) is 5.13 Å². The molecule has 0 unspecified atom stereocenters. The highest BCUT2D eigenvalue weighted by Gasteiger charge is 2.15. The van der Waals surface area contributed by atoms with Gasteiger partial charge in [-0.1, -0.05) is 30.3 Å². The van der Waals surface area contributed by atoms with Gasteiger partial charge in [0.2, 0.25) is 5.91 Å². The van der Waals surface area contributed by atoms with Crippen LogP contribution in [-0.4, -0.2) is 16.9 Å². The maximum Gasteiger partial charge on any atom is 0.358 e. The molecule has 0 atom stereocenters. The maximum atomic E-state index is 12.3. The van der Waals surface area contributed by atoms with Crippen molar-refractivity contribution in [3.63, 3.8) is 0 Å². The van der Waals surface area contributed by atoms with Crippen LogP contribution >= 0.6 is 11.3 Å². The Morgan fingerprint density at radius 2 is 2.04 bits per heavy atom. The molecule has 0 saturated heterocycles. The van der Waals surface area contributed by atoms with E-state index in [1.807, 2.05) is 30.3 Å². The van der Waals surface area contributed by atoms with Gasteiger partial charge >= 0.3 is 11.6 Å². The van der Waals surface area contributed by atoms with E-state index in [9.17, 15) is 14.4 Å². The molecule has 8 heteroatoms. The predicted molar refractivity (Wildman–Crippen MR) is 106 cm³/mol. The van der Waals surface area contributed by atoms with Gasteiger partial charge in [-0.15, -0.1) is 11.3 Å². The van der Waals surface area contributed by atoms with E-state index in [1.54, 1.807) is 6.07 Å². The zero-order valence-electron chi connectivity index (χ0n) is 14.7. The summed E-state index contributed by atoms with van der Waals surface area (Å²) in [5.74, 6) is -0.918. The topological polar surface area (TPSA) is 98.5 Å². The van der Waals surface area contributed by atoms with Gasteiger partial charge in [0.25, 0.3) is 0 Å². The van der Waals surface area contributed by atoms with Crippen LogP contribution in [0.5, 0.6) is 0 Å². The number of carbonyl (C=O) groups is 2. The number of nitrogens with zero attached hydrogens (tertiary/aromatic N) is 1. The first-order valence-electron chi connectivity index (χ1n) is 8.36. The Hall–Kier alpha value is -3.52. The standard InChI is InChI=1S/C20H14N2O5S/c1-11(23)21-20-22-15(10-28-20)19(25)26-9-13-8-17(24)27-16-7-6-12-4-2-3-5-14(12)18(13)16/h2-8,10H,9H2,1H3,(H,21,22,23). The van der Waals surface area contributed by atoms with Gasteiger partial charge in [-0.25, -0.2) is 14.6 Å². The average Bonchev–Trinajstić information content (AvgIpc) is 3.13. The van der Waals surface area contributed by atoms with Crippen molar-refractivity contribution >= 4 is 50.1 Å². The molecule has 1 N–H and O–H groups in total. The van der Waals surface area contributed by atoms with Gasteiger partial charge in [0.05, 0.1) is 0 Å². The van der Waals surface area contributed by atoms with Gasteiger partial charge in [-0.3, -0.25) is 4.79 Å². The SMILES string of the molecule is CC(=O)Nc1nc(C(=O)OCc2cc(=O)oc3ccc4ccccc4c23)cs1. The molecule has 4 rings (SSSR count). The normalized spacial score (nSPS) is 10.9. The van der Waals surface area contributed by atoms with Crippen molar-refractivity contribution in [1.82, 2.24) is 4.98 Å². The molecule has 2 aromatic carbocycles. The Morgan fingerprint density at radius 3 is 2.86 bits per heavy atom. The van der Waals surface area contributed by atoms with Gasteiger partial charge in [0.1, 0.15) is 12.2 Å². The molecular formula is C20H14N2O5S. The number of amides is 1. The monoisotopic (exact) mass is 394 g/mol. The number of hydrogen-bond acceptors (Lipinski definition) is 7. The van der Waals surface area contributed by atoms with Crippen LogP contribution in [0.25, 0.3) is 21.7 Å². The number of benzene rings is 2. The molecule has 0 spiro atoms. The number of thiazole rings is 1. The quantitative estimate of drug-likeness (QED) is 0.322. The highest BCUT2D eigenvalue weighted by atomic mass is 32.1. The lowest BCUT2D eigenvalue weighted by Crippen LogP contribution is -2.09. The number of fused-ring (bicyclic) bond motifs is 3. The number of carbonyl (C=O) groups excluding carboxylic acids is 2. The van der Waals surface area contributed by atoms with E-state index in [4.69, 9.17) is 9.15 Å². The van der Waals surface area contributed by atoms with E-state index in [-0.39, 0.29) is 18.2 Å². The molecule has 0 saturated carbocycles. The molecule has 4 aromatic rings. The van der Waals surface area contributed by atoms with E-state index in [1.165, 1.54) is 18.4 Å². The molecule has 0 aliphatic heterocycles. The van der Waals surface area contributed by atoms with Gasteiger partial charge in [0, 0.05) is 29.3 Å². The highest BCUT2D eigenvalue weighted by molar-refractivity contribution is 7.14. The smallest absolute Gasteiger partial charge is 0.358 e. The van der Waals surface area contributed by atoms with E-state index in [0.29, 0.717) is 16.3 Å². The van der Waals surface area contributed by atoms with Gasteiger partial charge < -0.3 is 14.5 Å². The third kappa shape index (κ3) is 3.49. The molecule has 0 radical (unpaired) electrons.